The summed E-state index contributed by atoms with van der Waals surface area (Å²) in [7, 11) is -3.56. The van der Waals surface area contributed by atoms with Gasteiger partial charge in [0.15, 0.2) is 0 Å². The minimum atomic E-state index is -3.56. The minimum absolute atomic E-state index is 0.101. The lowest BCUT2D eigenvalue weighted by Crippen LogP contribution is -2.47. The van der Waals surface area contributed by atoms with Gasteiger partial charge < -0.3 is 10.2 Å². The largest absolute Gasteiger partial charge is 0.354 e. The molecule has 0 fully saturated rings. The van der Waals surface area contributed by atoms with E-state index in [4.69, 9.17) is 11.6 Å². The molecular formula is C25H34ClN3O4S. The number of rotatable bonds is 12. The highest BCUT2D eigenvalue weighted by atomic mass is 35.5. The van der Waals surface area contributed by atoms with Gasteiger partial charge >= 0.3 is 0 Å². The van der Waals surface area contributed by atoms with Crippen LogP contribution in [0, 0.1) is 6.92 Å². The van der Waals surface area contributed by atoms with Crippen LogP contribution in [0.15, 0.2) is 48.5 Å². The Balaban J connectivity index is 2.15. The maximum Gasteiger partial charge on any atom is 0.242 e. The summed E-state index contributed by atoms with van der Waals surface area (Å²) in [6.45, 7) is 6.62. The second-order valence-electron chi connectivity index (χ2n) is 8.40. The maximum absolute atomic E-state index is 13.2. The van der Waals surface area contributed by atoms with Crippen molar-refractivity contribution in [2.75, 3.05) is 23.7 Å². The molecule has 2 amide bonds. The van der Waals surface area contributed by atoms with E-state index in [-0.39, 0.29) is 24.8 Å². The molecule has 7 nitrogen and oxygen atoms in total. The average Bonchev–Trinajstić information content (AvgIpc) is 2.77. The van der Waals surface area contributed by atoms with Gasteiger partial charge in [0.05, 0.1) is 11.9 Å². The lowest BCUT2D eigenvalue weighted by molar-refractivity contribution is -0.140. The predicted octanol–water partition coefficient (Wildman–Crippen LogP) is 4.14. The van der Waals surface area contributed by atoms with Gasteiger partial charge in [-0.1, -0.05) is 54.4 Å². The van der Waals surface area contributed by atoms with E-state index in [2.05, 4.69) is 5.32 Å². The molecule has 186 valence electrons. The molecule has 2 aromatic carbocycles. The number of carbonyl (C=O) groups excluding carboxylic acids is 2. The SMILES string of the molecule is CCCNC(=O)[C@@H](C)N(Cc1cccc(C)c1)C(=O)CCCN(c1cccc(Cl)c1)S(C)(=O)=O. The summed E-state index contributed by atoms with van der Waals surface area (Å²) in [5, 5.41) is 3.28. The van der Waals surface area contributed by atoms with Crippen LogP contribution in [0.5, 0.6) is 0 Å². The van der Waals surface area contributed by atoms with Crippen LogP contribution in [0.4, 0.5) is 5.69 Å². The van der Waals surface area contributed by atoms with Gasteiger partial charge in [0.1, 0.15) is 6.04 Å². The summed E-state index contributed by atoms with van der Waals surface area (Å²) < 4.78 is 26.0. The van der Waals surface area contributed by atoms with E-state index in [9.17, 15) is 18.0 Å². The summed E-state index contributed by atoms with van der Waals surface area (Å²) in [4.78, 5) is 27.4. The van der Waals surface area contributed by atoms with Crippen LogP contribution in [-0.2, 0) is 26.2 Å². The van der Waals surface area contributed by atoms with E-state index < -0.39 is 16.1 Å². The van der Waals surface area contributed by atoms with E-state index >= 15 is 0 Å². The number of amides is 2. The number of nitrogens with one attached hydrogen (secondary N) is 1. The summed E-state index contributed by atoms with van der Waals surface area (Å²) in [5.74, 6) is -0.417. The molecule has 0 aliphatic heterocycles. The van der Waals surface area contributed by atoms with Crippen molar-refractivity contribution in [1.29, 1.82) is 0 Å². The Bertz CT molecular complexity index is 1090. The molecule has 1 atom stereocenters. The van der Waals surface area contributed by atoms with E-state index in [0.717, 1.165) is 23.8 Å². The highest BCUT2D eigenvalue weighted by molar-refractivity contribution is 7.92. The highest BCUT2D eigenvalue weighted by Crippen LogP contribution is 2.22. The third-order valence-electron chi connectivity index (χ3n) is 5.40. The molecule has 0 saturated carbocycles. The van der Waals surface area contributed by atoms with Gasteiger partial charge in [-0.2, -0.15) is 0 Å². The van der Waals surface area contributed by atoms with Crippen LogP contribution < -0.4 is 9.62 Å². The zero-order chi connectivity index (χ0) is 25.3. The van der Waals surface area contributed by atoms with Gasteiger partial charge in [-0.3, -0.25) is 13.9 Å². The molecule has 2 aromatic rings. The molecular weight excluding hydrogens is 474 g/mol. The normalized spacial score (nSPS) is 12.1. The van der Waals surface area contributed by atoms with Crippen LogP contribution in [0.3, 0.4) is 0 Å². The summed E-state index contributed by atoms with van der Waals surface area (Å²) in [6.07, 6.45) is 2.32. The summed E-state index contributed by atoms with van der Waals surface area (Å²) in [6, 6.07) is 13.7. The number of hydrogen-bond acceptors (Lipinski definition) is 4. The average molecular weight is 508 g/mol. The molecule has 0 heterocycles. The Kier molecular flexibility index (Phi) is 10.4. The van der Waals surface area contributed by atoms with Crippen LogP contribution in [0.25, 0.3) is 0 Å². The fourth-order valence-corrected chi connectivity index (χ4v) is 4.76. The maximum atomic E-state index is 13.2. The van der Waals surface area contributed by atoms with Crippen molar-refractivity contribution in [1.82, 2.24) is 10.2 Å². The third-order valence-corrected chi connectivity index (χ3v) is 6.83. The molecule has 1 N–H and O–H groups in total. The molecule has 0 saturated heterocycles. The zero-order valence-electron chi connectivity index (χ0n) is 20.3. The van der Waals surface area contributed by atoms with E-state index in [1.807, 2.05) is 38.1 Å². The van der Waals surface area contributed by atoms with Gasteiger partial charge in [0, 0.05) is 31.1 Å². The summed E-state index contributed by atoms with van der Waals surface area (Å²) in [5.41, 5.74) is 2.45. The molecule has 0 radical (unpaired) electrons. The standard InChI is InChI=1S/C25H34ClN3O4S/c1-5-14-27-25(31)20(3)28(18-21-10-6-9-19(2)16-21)24(30)13-8-15-29(34(4,32)33)23-12-7-11-22(26)17-23/h6-7,9-12,16-17,20H,5,8,13-15,18H2,1-4H3,(H,27,31)/t20-/m1/s1. The third kappa shape index (κ3) is 8.33. The second-order valence-corrected chi connectivity index (χ2v) is 10.7. The molecule has 0 unspecified atom stereocenters. The first-order valence-electron chi connectivity index (χ1n) is 11.4. The number of carbonyl (C=O) groups is 2. The number of sulfonamides is 1. The van der Waals surface area contributed by atoms with Gasteiger partial charge in [-0.15, -0.1) is 0 Å². The molecule has 34 heavy (non-hydrogen) atoms. The van der Waals surface area contributed by atoms with E-state index in [0.29, 0.717) is 30.2 Å². The van der Waals surface area contributed by atoms with Crippen molar-refractivity contribution < 1.29 is 18.0 Å². The molecule has 0 aromatic heterocycles. The Hall–Kier alpha value is -2.58. The van der Waals surface area contributed by atoms with E-state index in [1.54, 1.807) is 36.1 Å². The van der Waals surface area contributed by atoms with Crippen molar-refractivity contribution in [3.8, 4) is 0 Å². The Morgan fingerprint density at radius 3 is 2.44 bits per heavy atom. The minimum Gasteiger partial charge on any atom is -0.354 e. The van der Waals surface area contributed by atoms with Gasteiger partial charge in [0.2, 0.25) is 21.8 Å². The van der Waals surface area contributed by atoms with Crippen molar-refractivity contribution >= 4 is 39.1 Å². The number of aryl methyl sites for hydroxylation is 1. The quantitative estimate of drug-likeness (QED) is 0.467. The second kappa shape index (κ2) is 12.8. The fraction of sp³-hybridized carbons (Fsp3) is 0.440. The van der Waals surface area contributed by atoms with Gasteiger partial charge in [-0.05, 0) is 50.5 Å². The monoisotopic (exact) mass is 507 g/mol. The molecule has 2 rings (SSSR count). The Morgan fingerprint density at radius 1 is 1.12 bits per heavy atom. The number of anilines is 1. The predicted molar refractivity (Wildman–Crippen MR) is 137 cm³/mol. The van der Waals surface area contributed by atoms with Crippen LogP contribution in [-0.4, -0.2) is 50.5 Å². The van der Waals surface area contributed by atoms with Crippen molar-refractivity contribution in [3.05, 3.63) is 64.7 Å². The number of nitrogens with zero attached hydrogens (tertiary/aromatic N) is 2. The van der Waals surface area contributed by atoms with Crippen molar-refractivity contribution in [2.24, 2.45) is 0 Å². The summed E-state index contributed by atoms with van der Waals surface area (Å²) >= 11 is 6.03. The van der Waals surface area contributed by atoms with Crippen molar-refractivity contribution in [3.63, 3.8) is 0 Å². The fourth-order valence-electron chi connectivity index (χ4n) is 3.62. The molecule has 0 aliphatic rings. The first kappa shape index (κ1) is 27.7. The van der Waals surface area contributed by atoms with Crippen LogP contribution in [0.1, 0.15) is 44.2 Å². The van der Waals surface area contributed by atoms with E-state index in [1.165, 1.54) is 4.31 Å². The zero-order valence-corrected chi connectivity index (χ0v) is 21.8. The number of halogens is 1. The molecule has 0 spiro atoms. The molecule has 9 heteroatoms. The Labute approximate surface area is 208 Å². The van der Waals surface area contributed by atoms with Crippen LogP contribution >= 0.6 is 11.6 Å². The van der Waals surface area contributed by atoms with Gasteiger partial charge in [0.25, 0.3) is 0 Å². The van der Waals surface area contributed by atoms with Gasteiger partial charge in [-0.25, -0.2) is 8.42 Å². The highest BCUT2D eigenvalue weighted by Gasteiger charge is 2.26. The molecule has 0 aliphatic carbocycles. The first-order chi connectivity index (χ1) is 16.0. The smallest absolute Gasteiger partial charge is 0.242 e. The lowest BCUT2D eigenvalue weighted by atomic mass is 10.1. The topological polar surface area (TPSA) is 86.8 Å². The first-order valence-corrected chi connectivity index (χ1v) is 13.6. The number of hydrogen-bond donors (Lipinski definition) is 1. The van der Waals surface area contributed by atoms with Crippen LogP contribution in [0.2, 0.25) is 5.02 Å². The lowest BCUT2D eigenvalue weighted by Gasteiger charge is -2.29. The number of benzene rings is 2. The molecule has 0 bridgehead atoms. The Morgan fingerprint density at radius 2 is 1.82 bits per heavy atom. The van der Waals surface area contributed by atoms with Crippen molar-refractivity contribution in [2.45, 2.75) is 52.6 Å².